The van der Waals surface area contributed by atoms with Crippen LogP contribution in [0.5, 0.6) is 0 Å². The summed E-state index contributed by atoms with van der Waals surface area (Å²) in [6.45, 7) is 0.192. The van der Waals surface area contributed by atoms with Crippen LogP contribution in [0.4, 0.5) is 23.4 Å². The summed E-state index contributed by atoms with van der Waals surface area (Å²) in [6.07, 6.45) is -3.25. The van der Waals surface area contributed by atoms with Gasteiger partial charge in [-0.05, 0) is 17.7 Å². The van der Waals surface area contributed by atoms with Crippen molar-refractivity contribution in [2.75, 3.05) is 5.32 Å². The van der Waals surface area contributed by atoms with Gasteiger partial charge in [0.2, 0.25) is 0 Å². The Morgan fingerprint density at radius 1 is 1.21 bits per heavy atom. The van der Waals surface area contributed by atoms with Crippen molar-refractivity contribution >= 4 is 34.9 Å². The minimum atomic E-state index is -4.76. The number of carbonyl (C=O) groups is 1. The van der Waals surface area contributed by atoms with Crippen LogP contribution in [0, 0.1) is 5.82 Å². The molecule has 12 heteroatoms. The summed E-state index contributed by atoms with van der Waals surface area (Å²) in [7, 11) is 1.03. The molecule has 2 aromatic heterocycles. The number of hydrogen-bond donors (Lipinski definition) is 1. The number of carbonyl (C=O) groups excluding carboxylic acids is 1. The average molecular weight is 436 g/mol. The van der Waals surface area contributed by atoms with E-state index in [0.717, 1.165) is 13.1 Å². The summed E-state index contributed by atoms with van der Waals surface area (Å²) in [6, 6.07) is 5.32. The van der Waals surface area contributed by atoms with E-state index in [1.807, 2.05) is 0 Å². The number of anilines is 1. The Balaban J connectivity index is 1.76. The van der Waals surface area contributed by atoms with Crippen LogP contribution in [0.2, 0.25) is 10.0 Å². The van der Waals surface area contributed by atoms with Crippen molar-refractivity contribution in [1.29, 1.82) is 0 Å². The van der Waals surface area contributed by atoms with Crippen molar-refractivity contribution in [2.45, 2.75) is 12.7 Å². The molecule has 0 bridgehead atoms. The molecule has 0 unspecified atom stereocenters. The van der Waals surface area contributed by atoms with Crippen LogP contribution in [0.15, 0.2) is 30.5 Å². The number of nitrogens with zero attached hydrogens (tertiary/aromatic N) is 4. The van der Waals surface area contributed by atoms with Crippen LogP contribution in [-0.4, -0.2) is 25.5 Å². The Kier molecular flexibility index (Phi) is 5.35. The molecule has 3 aromatic rings. The third kappa shape index (κ3) is 4.12. The lowest BCUT2D eigenvalue weighted by molar-refractivity contribution is -0.143. The first-order valence-electron chi connectivity index (χ1n) is 7.64. The Labute approximate surface area is 165 Å². The molecule has 0 radical (unpaired) electrons. The highest BCUT2D eigenvalue weighted by Gasteiger charge is 2.40. The first-order chi connectivity index (χ1) is 13.1. The summed E-state index contributed by atoms with van der Waals surface area (Å²) in [5.41, 5.74) is -1.21. The second kappa shape index (κ2) is 7.44. The molecule has 1 aromatic carbocycles. The third-order valence-corrected chi connectivity index (χ3v) is 4.41. The van der Waals surface area contributed by atoms with Crippen molar-refractivity contribution in [2.24, 2.45) is 7.05 Å². The molecule has 0 spiro atoms. The fraction of sp³-hybridized carbons (Fsp3) is 0.188. The maximum Gasteiger partial charge on any atom is 0.434 e. The van der Waals surface area contributed by atoms with Crippen LogP contribution in [0.3, 0.4) is 0 Å². The lowest BCUT2D eigenvalue weighted by Gasteiger charge is -2.06. The van der Waals surface area contributed by atoms with Gasteiger partial charge in [-0.25, -0.2) is 4.39 Å². The summed E-state index contributed by atoms with van der Waals surface area (Å²) in [5, 5.41) is 9.34. The first kappa shape index (κ1) is 20.2. The Morgan fingerprint density at radius 2 is 1.93 bits per heavy atom. The first-order valence-corrected chi connectivity index (χ1v) is 8.40. The third-order valence-electron chi connectivity index (χ3n) is 3.70. The molecule has 0 aliphatic carbocycles. The molecular weight excluding hydrogens is 425 g/mol. The summed E-state index contributed by atoms with van der Waals surface area (Å²) in [4.78, 5) is 12.2. The molecule has 0 saturated carbocycles. The van der Waals surface area contributed by atoms with Gasteiger partial charge in [0.15, 0.2) is 17.2 Å². The highest BCUT2D eigenvalue weighted by Crippen LogP contribution is 2.36. The number of hydrogen-bond acceptors (Lipinski definition) is 3. The molecule has 148 valence electrons. The van der Waals surface area contributed by atoms with E-state index in [1.54, 1.807) is 0 Å². The van der Waals surface area contributed by atoms with E-state index < -0.39 is 34.3 Å². The molecule has 2 heterocycles. The molecule has 0 fully saturated rings. The van der Waals surface area contributed by atoms with Crippen LogP contribution in [-0.2, 0) is 19.8 Å². The predicted molar refractivity (Wildman–Crippen MR) is 93.9 cm³/mol. The van der Waals surface area contributed by atoms with Crippen molar-refractivity contribution in [1.82, 2.24) is 19.6 Å². The highest BCUT2D eigenvalue weighted by molar-refractivity contribution is 6.34. The molecule has 3 rings (SSSR count). The second-order valence-corrected chi connectivity index (χ2v) is 6.51. The topological polar surface area (TPSA) is 64.7 Å². The SMILES string of the molecule is Cn1nc(C(=O)Nc2ccn(Cc3ccc(F)cc3Cl)n2)c(Cl)c1C(F)(F)F. The maximum atomic E-state index is 13.1. The van der Waals surface area contributed by atoms with E-state index in [4.69, 9.17) is 23.2 Å². The van der Waals surface area contributed by atoms with E-state index in [1.165, 1.54) is 29.1 Å². The van der Waals surface area contributed by atoms with Gasteiger partial charge in [-0.3, -0.25) is 14.2 Å². The quantitative estimate of drug-likeness (QED) is 0.618. The molecule has 0 atom stereocenters. The van der Waals surface area contributed by atoms with Crippen molar-refractivity contribution in [3.63, 3.8) is 0 Å². The number of alkyl halides is 3. The summed E-state index contributed by atoms with van der Waals surface area (Å²) in [5.74, 6) is -1.35. The van der Waals surface area contributed by atoms with Crippen LogP contribution in [0.25, 0.3) is 0 Å². The van der Waals surface area contributed by atoms with Crippen LogP contribution in [0.1, 0.15) is 21.7 Å². The van der Waals surface area contributed by atoms with E-state index in [0.29, 0.717) is 10.2 Å². The van der Waals surface area contributed by atoms with Gasteiger partial charge in [0.25, 0.3) is 5.91 Å². The normalized spacial score (nSPS) is 11.7. The molecule has 28 heavy (non-hydrogen) atoms. The number of amides is 1. The van der Waals surface area contributed by atoms with Crippen molar-refractivity contribution < 1.29 is 22.4 Å². The molecule has 1 N–H and O–H groups in total. The van der Waals surface area contributed by atoms with Gasteiger partial charge in [-0.15, -0.1) is 0 Å². The standard InChI is InChI=1S/C16H11Cl2F4N5O/c1-26-14(16(20,21)22)12(18)13(25-26)15(28)23-11-4-5-27(24-11)7-8-2-3-9(19)6-10(8)17/h2-6H,7H2,1H3,(H,23,24,28). The molecule has 1 amide bonds. The van der Waals surface area contributed by atoms with Gasteiger partial charge < -0.3 is 5.32 Å². The lowest BCUT2D eigenvalue weighted by Crippen LogP contribution is -2.14. The van der Waals surface area contributed by atoms with E-state index in [-0.39, 0.29) is 17.4 Å². The fourth-order valence-corrected chi connectivity index (χ4v) is 3.05. The number of benzene rings is 1. The number of nitrogens with one attached hydrogen (secondary N) is 1. The molecular formula is C16H11Cl2F4N5O. The van der Waals surface area contributed by atoms with Gasteiger partial charge in [0.1, 0.15) is 10.8 Å². The molecule has 0 aliphatic heterocycles. The summed E-state index contributed by atoms with van der Waals surface area (Å²) < 4.78 is 53.9. The van der Waals surface area contributed by atoms with Gasteiger partial charge in [-0.2, -0.15) is 23.4 Å². The van der Waals surface area contributed by atoms with Gasteiger partial charge in [0.05, 0.1) is 6.54 Å². The number of rotatable bonds is 4. The van der Waals surface area contributed by atoms with Gasteiger partial charge in [0, 0.05) is 24.3 Å². The Hall–Kier alpha value is -2.59. The number of aryl methyl sites for hydroxylation is 1. The fourth-order valence-electron chi connectivity index (χ4n) is 2.47. The lowest BCUT2D eigenvalue weighted by atomic mass is 10.2. The van der Waals surface area contributed by atoms with Crippen LogP contribution < -0.4 is 5.32 Å². The monoisotopic (exact) mass is 435 g/mol. The number of halogens is 6. The zero-order valence-corrected chi connectivity index (χ0v) is 15.6. The number of aromatic nitrogens is 4. The van der Waals surface area contributed by atoms with Gasteiger partial charge in [-0.1, -0.05) is 29.3 Å². The largest absolute Gasteiger partial charge is 0.434 e. The molecule has 0 saturated heterocycles. The van der Waals surface area contributed by atoms with Crippen molar-refractivity contribution in [3.8, 4) is 0 Å². The maximum absolute atomic E-state index is 13.1. The average Bonchev–Trinajstić information content (AvgIpc) is 3.13. The Bertz CT molecular complexity index is 1040. The second-order valence-electron chi connectivity index (χ2n) is 5.72. The van der Waals surface area contributed by atoms with Crippen LogP contribution >= 0.6 is 23.2 Å². The van der Waals surface area contributed by atoms with Crippen molar-refractivity contribution in [3.05, 3.63) is 63.3 Å². The summed E-state index contributed by atoms with van der Waals surface area (Å²) >= 11 is 11.6. The van der Waals surface area contributed by atoms with E-state index in [9.17, 15) is 22.4 Å². The molecule has 0 aliphatic rings. The smallest absolute Gasteiger partial charge is 0.304 e. The highest BCUT2D eigenvalue weighted by atomic mass is 35.5. The van der Waals surface area contributed by atoms with Gasteiger partial charge >= 0.3 is 6.18 Å². The predicted octanol–water partition coefficient (Wildman–Crippen LogP) is 4.38. The van der Waals surface area contributed by atoms with E-state index >= 15 is 0 Å². The minimum Gasteiger partial charge on any atom is -0.304 e. The Morgan fingerprint density at radius 3 is 2.54 bits per heavy atom. The molecule has 6 nitrogen and oxygen atoms in total. The zero-order valence-electron chi connectivity index (χ0n) is 14.1. The van der Waals surface area contributed by atoms with E-state index in [2.05, 4.69) is 15.5 Å². The minimum absolute atomic E-state index is 0.0681. The zero-order chi connectivity index (χ0) is 20.6.